The first-order chi connectivity index (χ1) is 12.5. The first-order valence-corrected chi connectivity index (χ1v) is 8.18. The highest BCUT2D eigenvalue weighted by molar-refractivity contribution is 7.81. The molecule has 0 aliphatic rings. The predicted octanol–water partition coefficient (Wildman–Crippen LogP) is 4.58. The molecule has 1 heterocycles. The Balaban J connectivity index is 2.03. The molecule has 1 aromatic heterocycles. The van der Waals surface area contributed by atoms with E-state index >= 15 is 0 Å². The zero-order valence-corrected chi connectivity index (χ0v) is 14.4. The van der Waals surface area contributed by atoms with Crippen LogP contribution in [0.4, 0.5) is 14.5 Å². The normalized spacial score (nSPS) is 11.6. The highest BCUT2D eigenvalue weighted by Crippen LogP contribution is 2.19. The minimum Gasteiger partial charge on any atom is -0.502 e. The topological polar surface area (TPSA) is 36.1 Å². The number of thiocarbonyl (C=S) groups is 1. The lowest BCUT2D eigenvalue weighted by atomic mass is 10.1. The summed E-state index contributed by atoms with van der Waals surface area (Å²) in [6.07, 6.45) is 3.46. The molecule has 3 rings (SSSR count). The Morgan fingerprint density at radius 1 is 0.846 bits per heavy atom. The van der Waals surface area contributed by atoms with Gasteiger partial charge >= 0.3 is 0 Å². The molecular formula is C20H15F2N2OS+. The lowest BCUT2D eigenvalue weighted by Gasteiger charge is -2.10. The Morgan fingerprint density at radius 2 is 1.38 bits per heavy atom. The van der Waals surface area contributed by atoms with E-state index in [9.17, 15) is 13.9 Å². The number of aromatic nitrogens is 1. The molecule has 0 unspecified atom stereocenters. The summed E-state index contributed by atoms with van der Waals surface area (Å²) in [4.78, 5) is 0.231. The average molecular weight is 369 g/mol. The van der Waals surface area contributed by atoms with Crippen LogP contribution in [0.1, 0.15) is 5.56 Å². The first kappa shape index (κ1) is 17.7. The third-order valence-corrected chi connectivity index (χ3v) is 3.93. The molecule has 0 fully saturated rings. The Labute approximate surface area is 154 Å². The average Bonchev–Trinajstić information content (AvgIpc) is 2.65. The second kappa shape index (κ2) is 7.84. The van der Waals surface area contributed by atoms with Gasteiger partial charge in [0.1, 0.15) is 11.6 Å². The third kappa shape index (κ3) is 4.10. The predicted molar refractivity (Wildman–Crippen MR) is 101 cm³/mol. The highest BCUT2D eigenvalue weighted by Gasteiger charge is 2.23. The molecule has 3 nitrogen and oxygen atoms in total. The van der Waals surface area contributed by atoms with Gasteiger partial charge in [-0.1, -0.05) is 18.3 Å². The van der Waals surface area contributed by atoms with Crippen LogP contribution in [0.25, 0.3) is 11.5 Å². The van der Waals surface area contributed by atoms with Crippen LogP contribution in [-0.4, -0.2) is 10.1 Å². The third-order valence-electron chi connectivity index (χ3n) is 3.63. The van der Waals surface area contributed by atoms with Crippen molar-refractivity contribution < 1.29 is 18.5 Å². The van der Waals surface area contributed by atoms with Gasteiger partial charge in [-0.2, -0.15) is 4.57 Å². The number of hydrogen-bond donors (Lipinski definition) is 2. The van der Waals surface area contributed by atoms with Gasteiger partial charge in [0.15, 0.2) is 23.1 Å². The summed E-state index contributed by atoms with van der Waals surface area (Å²) in [6.45, 7) is 0. The molecule has 0 aliphatic carbocycles. The van der Waals surface area contributed by atoms with E-state index in [0.717, 1.165) is 0 Å². The maximum atomic E-state index is 13.2. The number of anilines is 1. The van der Waals surface area contributed by atoms with Gasteiger partial charge in [-0.3, -0.25) is 0 Å². The van der Waals surface area contributed by atoms with Gasteiger partial charge < -0.3 is 10.4 Å². The molecule has 130 valence electrons. The van der Waals surface area contributed by atoms with Crippen molar-refractivity contribution in [1.29, 1.82) is 0 Å². The summed E-state index contributed by atoms with van der Waals surface area (Å²) in [6, 6.07) is 16.6. The number of benzene rings is 2. The van der Waals surface area contributed by atoms with Crippen LogP contribution >= 0.6 is 12.2 Å². The molecule has 0 spiro atoms. The van der Waals surface area contributed by atoms with Crippen molar-refractivity contribution in [2.75, 3.05) is 5.32 Å². The fraction of sp³-hybridized carbons (Fsp3) is 0. The Hall–Kier alpha value is -3.12. The van der Waals surface area contributed by atoms with Crippen molar-refractivity contribution in [2.45, 2.75) is 0 Å². The van der Waals surface area contributed by atoms with Gasteiger partial charge in [0, 0.05) is 23.4 Å². The number of aliphatic hydroxyl groups excluding tert-OH is 1. The van der Waals surface area contributed by atoms with Gasteiger partial charge in [-0.15, -0.1) is 0 Å². The molecule has 0 amide bonds. The van der Waals surface area contributed by atoms with Crippen molar-refractivity contribution in [2.24, 2.45) is 0 Å². The van der Waals surface area contributed by atoms with Crippen LogP contribution in [0.2, 0.25) is 0 Å². The number of nitrogens with zero attached hydrogens (tertiary/aromatic N) is 1. The van der Waals surface area contributed by atoms with Crippen LogP contribution in [-0.2, 0) is 0 Å². The lowest BCUT2D eigenvalue weighted by Crippen LogP contribution is -2.38. The second-order valence-corrected chi connectivity index (χ2v) is 5.86. The maximum absolute atomic E-state index is 13.2. The monoisotopic (exact) mass is 369 g/mol. The van der Waals surface area contributed by atoms with Gasteiger partial charge in [0.2, 0.25) is 0 Å². The Morgan fingerprint density at radius 3 is 1.96 bits per heavy atom. The minimum absolute atomic E-state index is 0.110. The molecule has 3 aromatic rings. The Bertz CT molecular complexity index is 940. The molecule has 26 heavy (non-hydrogen) atoms. The zero-order chi connectivity index (χ0) is 18.5. The molecule has 0 radical (unpaired) electrons. The van der Waals surface area contributed by atoms with Gasteiger partial charge in [0.25, 0.3) is 5.70 Å². The number of hydrogen-bond acceptors (Lipinski definition) is 2. The lowest BCUT2D eigenvalue weighted by molar-refractivity contribution is -0.575. The number of pyridine rings is 1. The van der Waals surface area contributed by atoms with E-state index in [-0.39, 0.29) is 16.6 Å². The summed E-state index contributed by atoms with van der Waals surface area (Å²) in [5, 5.41) is 13.7. The summed E-state index contributed by atoms with van der Waals surface area (Å²) in [5.74, 6) is -0.868. The molecule has 0 bridgehead atoms. The molecule has 0 saturated carbocycles. The van der Waals surface area contributed by atoms with E-state index in [1.165, 1.54) is 36.4 Å². The van der Waals surface area contributed by atoms with Crippen LogP contribution in [0.15, 0.2) is 79.1 Å². The zero-order valence-electron chi connectivity index (χ0n) is 13.6. The summed E-state index contributed by atoms with van der Waals surface area (Å²) < 4.78 is 27.9. The number of halogens is 2. The van der Waals surface area contributed by atoms with E-state index in [2.05, 4.69) is 5.32 Å². The molecule has 0 saturated heterocycles. The number of aliphatic hydroxyl groups is 1. The fourth-order valence-corrected chi connectivity index (χ4v) is 2.68. The first-order valence-electron chi connectivity index (χ1n) is 7.77. The summed E-state index contributed by atoms with van der Waals surface area (Å²) in [7, 11) is 0. The smallest absolute Gasteiger partial charge is 0.288 e. The molecular weight excluding hydrogens is 354 g/mol. The van der Waals surface area contributed by atoms with Crippen LogP contribution in [0, 0.1) is 11.6 Å². The number of nitrogens with one attached hydrogen (secondary N) is 1. The van der Waals surface area contributed by atoms with Crippen LogP contribution in [0.3, 0.4) is 0 Å². The molecule has 2 aromatic carbocycles. The van der Waals surface area contributed by atoms with Crippen molar-refractivity contribution in [1.82, 2.24) is 0 Å². The Kier molecular flexibility index (Phi) is 5.34. The van der Waals surface area contributed by atoms with Crippen LogP contribution in [0.5, 0.6) is 0 Å². The quantitative estimate of drug-likeness (QED) is 0.306. The second-order valence-electron chi connectivity index (χ2n) is 5.45. The van der Waals surface area contributed by atoms with Crippen molar-refractivity contribution >= 4 is 34.3 Å². The molecule has 6 heteroatoms. The van der Waals surface area contributed by atoms with Gasteiger partial charge in [0.05, 0.1) is 0 Å². The standard InChI is InChI=1S/C20H14F2N2OS/c21-15-6-4-14(5-7-15)19(25)18(24-12-2-1-3-13-24)20(26)23-17-10-8-16(22)9-11-17/h1-13H,(H-,23,25,26)/p+1. The molecule has 0 aliphatic heterocycles. The van der Waals surface area contributed by atoms with Crippen molar-refractivity contribution in [3.63, 3.8) is 0 Å². The SMILES string of the molecule is OC(=C(C(=S)Nc1ccc(F)cc1)[n+]1ccccc1)c1ccc(F)cc1. The van der Waals surface area contributed by atoms with Crippen molar-refractivity contribution in [3.05, 3.63) is 96.3 Å². The van der Waals surface area contributed by atoms with Crippen molar-refractivity contribution in [3.8, 4) is 0 Å². The molecule has 2 N–H and O–H groups in total. The van der Waals surface area contributed by atoms with E-state index in [1.807, 2.05) is 6.07 Å². The van der Waals surface area contributed by atoms with E-state index in [4.69, 9.17) is 12.2 Å². The number of rotatable bonds is 4. The molecule has 0 atom stereocenters. The van der Waals surface area contributed by atoms with Crippen LogP contribution < -0.4 is 9.88 Å². The van der Waals surface area contributed by atoms with Gasteiger partial charge in [-0.25, -0.2) is 8.78 Å². The van der Waals surface area contributed by atoms with E-state index < -0.39 is 5.82 Å². The van der Waals surface area contributed by atoms with E-state index in [1.54, 1.807) is 41.2 Å². The van der Waals surface area contributed by atoms with E-state index in [0.29, 0.717) is 16.9 Å². The maximum Gasteiger partial charge on any atom is 0.288 e. The highest BCUT2D eigenvalue weighted by atomic mass is 32.1. The minimum atomic E-state index is -0.400. The van der Waals surface area contributed by atoms with Gasteiger partial charge in [-0.05, 0) is 48.5 Å². The summed E-state index contributed by atoms with van der Waals surface area (Å²) in [5.41, 5.74) is 1.31. The summed E-state index contributed by atoms with van der Waals surface area (Å²) >= 11 is 5.46. The fourth-order valence-electron chi connectivity index (χ4n) is 2.36. The largest absolute Gasteiger partial charge is 0.502 e.